The molecular weight excluding hydrogens is 457 g/mol. The molecule has 0 bridgehead atoms. The van der Waals surface area contributed by atoms with E-state index in [9.17, 15) is 4.79 Å². The lowest BCUT2D eigenvalue weighted by Crippen LogP contribution is -2.31. The Morgan fingerprint density at radius 1 is 0.903 bits per heavy atom. The maximum Gasteiger partial charge on any atom is 0.344 e. The van der Waals surface area contributed by atoms with Crippen molar-refractivity contribution >= 4 is 45.8 Å². The smallest absolute Gasteiger partial charge is 0.344 e. The highest BCUT2D eigenvalue weighted by Gasteiger charge is 2.22. The fraction of sp³-hybridized carbons (Fsp3) is 0.125. The molecule has 0 radical (unpaired) electrons. The van der Waals surface area contributed by atoms with Gasteiger partial charge in [-0.3, -0.25) is 4.90 Å². The molecule has 5 rings (SSSR count). The summed E-state index contributed by atoms with van der Waals surface area (Å²) in [7, 11) is 0. The van der Waals surface area contributed by atoms with E-state index in [1.54, 1.807) is 30.3 Å². The molecule has 0 unspecified atom stereocenters. The van der Waals surface area contributed by atoms with Gasteiger partial charge in [0, 0.05) is 23.5 Å². The van der Waals surface area contributed by atoms with Crippen molar-refractivity contribution in [2.75, 3.05) is 6.73 Å². The maximum absolute atomic E-state index is 12.8. The van der Waals surface area contributed by atoms with Crippen molar-refractivity contribution in [2.45, 2.75) is 13.1 Å². The van der Waals surface area contributed by atoms with Crippen LogP contribution >= 0.6 is 34.8 Å². The van der Waals surface area contributed by atoms with Gasteiger partial charge in [-0.15, -0.1) is 0 Å². The number of hydrogen-bond acceptors (Lipinski definition) is 4. The number of hydrogen-bond donors (Lipinski definition) is 0. The molecule has 156 valence electrons. The molecule has 0 amide bonds. The molecule has 31 heavy (non-hydrogen) atoms. The number of ether oxygens (including phenoxy) is 1. The monoisotopic (exact) mass is 471 g/mol. The molecule has 0 aliphatic carbocycles. The van der Waals surface area contributed by atoms with Crippen molar-refractivity contribution in [3.05, 3.63) is 97.3 Å². The highest BCUT2D eigenvalue weighted by atomic mass is 35.5. The third kappa shape index (κ3) is 4.04. The molecule has 4 aromatic rings. The first-order chi connectivity index (χ1) is 15.0. The molecule has 0 saturated carbocycles. The summed E-state index contributed by atoms with van der Waals surface area (Å²) in [5.74, 6) is 0.722. The maximum atomic E-state index is 12.8. The van der Waals surface area contributed by atoms with E-state index < -0.39 is 5.63 Å². The summed E-state index contributed by atoms with van der Waals surface area (Å²) < 4.78 is 11.7. The highest BCUT2D eigenvalue weighted by molar-refractivity contribution is 6.42. The molecule has 1 aliphatic heterocycles. The largest absolute Gasteiger partial charge is 0.478 e. The van der Waals surface area contributed by atoms with Crippen LogP contribution in [0.15, 0.2) is 69.9 Å². The van der Waals surface area contributed by atoms with Crippen molar-refractivity contribution in [1.29, 1.82) is 0 Å². The predicted octanol–water partition coefficient (Wildman–Crippen LogP) is 6.77. The quantitative estimate of drug-likeness (QED) is 0.309. The fourth-order valence-electron chi connectivity index (χ4n) is 3.77. The molecule has 0 saturated heterocycles. The van der Waals surface area contributed by atoms with Crippen molar-refractivity contribution in [2.24, 2.45) is 0 Å². The van der Waals surface area contributed by atoms with E-state index in [1.807, 2.05) is 30.3 Å². The van der Waals surface area contributed by atoms with Crippen LogP contribution in [0.25, 0.3) is 22.1 Å². The van der Waals surface area contributed by atoms with E-state index >= 15 is 0 Å². The zero-order chi connectivity index (χ0) is 21.5. The van der Waals surface area contributed by atoms with Crippen LogP contribution in [0, 0.1) is 0 Å². The lowest BCUT2D eigenvalue weighted by molar-refractivity contribution is 0.0890. The molecule has 0 atom stereocenters. The lowest BCUT2D eigenvalue weighted by Gasteiger charge is -2.29. The summed E-state index contributed by atoms with van der Waals surface area (Å²) in [6, 6.07) is 18.4. The number of nitrogens with zero attached hydrogens (tertiary/aromatic N) is 1. The van der Waals surface area contributed by atoms with Gasteiger partial charge in [0.1, 0.15) is 18.1 Å². The number of fused-ring (bicyclic) bond motifs is 3. The van der Waals surface area contributed by atoms with E-state index in [1.165, 1.54) is 0 Å². The van der Waals surface area contributed by atoms with E-state index in [-0.39, 0.29) is 0 Å². The zero-order valence-electron chi connectivity index (χ0n) is 16.2. The summed E-state index contributed by atoms with van der Waals surface area (Å²) >= 11 is 18.1. The van der Waals surface area contributed by atoms with E-state index in [0.717, 1.165) is 27.8 Å². The standard InChI is InChI=1S/C24H16Cl3NO3/c25-17-5-2-15(3-6-17)18-10-16-4-8-22-19(23(16)31-24(18)29)12-28(13-30-22)11-14-1-7-20(26)21(27)9-14/h1-10H,11-13H2. The predicted molar refractivity (Wildman–Crippen MR) is 124 cm³/mol. The molecule has 0 N–H and O–H groups in total. The van der Waals surface area contributed by atoms with Gasteiger partial charge in [-0.1, -0.05) is 53.0 Å². The third-order valence-electron chi connectivity index (χ3n) is 5.29. The Bertz CT molecular complexity index is 1350. The molecule has 0 fully saturated rings. The summed E-state index contributed by atoms with van der Waals surface area (Å²) in [5, 5.41) is 2.49. The minimum atomic E-state index is -0.398. The van der Waals surface area contributed by atoms with E-state index in [4.69, 9.17) is 44.0 Å². The Balaban J connectivity index is 1.50. The topological polar surface area (TPSA) is 42.7 Å². The summed E-state index contributed by atoms with van der Waals surface area (Å²) in [4.78, 5) is 14.9. The van der Waals surface area contributed by atoms with Gasteiger partial charge in [-0.05, 0) is 53.6 Å². The van der Waals surface area contributed by atoms with Gasteiger partial charge in [0.05, 0.1) is 21.2 Å². The van der Waals surface area contributed by atoms with Gasteiger partial charge >= 0.3 is 5.63 Å². The van der Waals surface area contributed by atoms with Crippen LogP contribution in [0.3, 0.4) is 0 Å². The third-order valence-corrected chi connectivity index (χ3v) is 6.28. The van der Waals surface area contributed by atoms with Gasteiger partial charge < -0.3 is 9.15 Å². The van der Waals surface area contributed by atoms with Crippen molar-refractivity contribution in [3.63, 3.8) is 0 Å². The average molecular weight is 473 g/mol. The zero-order valence-corrected chi connectivity index (χ0v) is 18.5. The molecule has 1 aliphatic rings. The molecule has 2 heterocycles. The first kappa shape index (κ1) is 20.4. The minimum Gasteiger partial charge on any atom is -0.478 e. The second-order valence-electron chi connectivity index (χ2n) is 7.42. The molecule has 3 aromatic carbocycles. The fourth-order valence-corrected chi connectivity index (χ4v) is 4.21. The average Bonchev–Trinajstić information content (AvgIpc) is 2.76. The van der Waals surface area contributed by atoms with Crippen molar-refractivity contribution in [3.8, 4) is 16.9 Å². The van der Waals surface area contributed by atoms with Crippen LogP contribution in [-0.2, 0) is 13.1 Å². The van der Waals surface area contributed by atoms with Gasteiger partial charge in [0.2, 0.25) is 0 Å². The second-order valence-corrected chi connectivity index (χ2v) is 8.67. The Morgan fingerprint density at radius 2 is 1.71 bits per heavy atom. The van der Waals surface area contributed by atoms with Gasteiger partial charge in [-0.25, -0.2) is 4.79 Å². The minimum absolute atomic E-state index is 0.398. The van der Waals surface area contributed by atoms with Crippen molar-refractivity contribution < 1.29 is 9.15 Å². The normalized spacial score (nSPS) is 13.8. The second kappa shape index (κ2) is 8.21. The van der Waals surface area contributed by atoms with Gasteiger partial charge in [0.15, 0.2) is 0 Å². The first-order valence-electron chi connectivity index (χ1n) is 9.63. The number of rotatable bonds is 3. The van der Waals surface area contributed by atoms with Gasteiger partial charge in [0.25, 0.3) is 0 Å². The summed E-state index contributed by atoms with van der Waals surface area (Å²) in [6.45, 7) is 1.63. The van der Waals surface area contributed by atoms with Crippen molar-refractivity contribution in [1.82, 2.24) is 4.90 Å². The summed E-state index contributed by atoms with van der Waals surface area (Å²) in [5.41, 5.74) is 3.27. The molecule has 7 heteroatoms. The van der Waals surface area contributed by atoms with Gasteiger partial charge in [-0.2, -0.15) is 0 Å². The van der Waals surface area contributed by atoms with Crippen LogP contribution in [0.2, 0.25) is 15.1 Å². The number of halogens is 3. The van der Waals surface area contributed by atoms with E-state index in [2.05, 4.69) is 4.90 Å². The molecule has 4 nitrogen and oxygen atoms in total. The Labute approximate surface area is 193 Å². The Kier molecular flexibility index (Phi) is 5.40. The summed E-state index contributed by atoms with van der Waals surface area (Å²) in [6.07, 6.45) is 0. The Morgan fingerprint density at radius 3 is 2.48 bits per heavy atom. The number of benzene rings is 3. The van der Waals surface area contributed by atoms with Crippen LogP contribution in [0.5, 0.6) is 5.75 Å². The van der Waals surface area contributed by atoms with Crippen LogP contribution < -0.4 is 10.4 Å². The Hall–Kier alpha value is -2.50. The lowest BCUT2D eigenvalue weighted by atomic mass is 10.0. The first-order valence-corrected chi connectivity index (χ1v) is 10.8. The molecule has 0 spiro atoms. The van der Waals surface area contributed by atoms with Crippen LogP contribution in [0.1, 0.15) is 11.1 Å². The van der Waals surface area contributed by atoms with Crippen LogP contribution in [-0.4, -0.2) is 11.6 Å². The SMILES string of the molecule is O=c1oc2c3c(ccc2cc1-c1ccc(Cl)cc1)OCN(Cc1ccc(Cl)c(Cl)c1)C3. The molecular formula is C24H16Cl3NO3. The van der Waals surface area contributed by atoms with E-state index in [0.29, 0.717) is 46.0 Å². The molecule has 1 aromatic heterocycles. The highest BCUT2D eigenvalue weighted by Crippen LogP contribution is 2.34. The van der Waals surface area contributed by atoms with Crippen LogP contribution in [0.4, 0.5) is 0 Å².